The zero-order valence-electron chi connectivity index (χ0n) is 12.6. The third-order valence-electron chi connectivity index (χ3n) is 3.65. The Kier molecular flexibility index (Phi) is 3.51. The van der Waals surface area contributed by atoms with E-state index in [9.17, 15) is 4.79 Å². The molecular formula is C19H13N3O2. The van der Waals surface area contributed by atoms with Crippen molar-refractivity contribution in [1.82, 2.24) is 10.1 Å². The highest BCUT2D eigenvalue weighted by Crippen LogP contribution is 2.21. The van der Waals surface area contributed by atoms with Crippen molar-refractivity contribution in [3.63, 3.8) is 0 Å². The van der Waals surface area contributed by atoms with Gasteiger partial charge in [-0.25, -0.2) is 0 Å². The van der Waals surface area contributed by atoms with Gasteiger partial charge in [0, 0.05) is 17.0 Å². The zero-order chi connectivity index (χ0) is 16.4. The summed E-state index contributed by atoms with van der Waals surface area (Å²) in [7, 11) is 0. The lowest BCUT2D eigenvalue weighted by atomic mass is 10.1. The first-order chi connectivity index (χ1) is 11.8. The van der Waals surface area contributed by atoms with E-state index in [1.165, 1.54) is 0 Å². The Bertz CT molecular complexity index is 1010. The number of aromatic nitrogens is 2. The number of nitrogens with one attached hydrogen (secondary N) is 1. The number of hydrogen-bond donors (Lipinski definition) is 1. The van der Waals surface area contributed by atoms with Crippen molar-refractivity contribution in [2.45, 2.75) is 0 Å². The van der Waals surface area contributed by atoms with Crippen molar-refractivity contribution in [2.24, 2.45) is 0 Å². The minimum absolute atomic E-state index is 0.224. The van der Waals surface area contributed by atoms with Gasteiger partial charge in [0.2, 0.25) is 0 Å². The van der Waals surface area contributed by atoms with Crippen LogP contribution >= 0.6 is 0 Å². The molecule has 2 heterocycles. The van der Waals surface area contributed by atoms with Gasteiger partial charge in [0.05, 0.1) is 17.4 Å². The number of pyridine rings is 1. The quantitative estimate of drug-likeness (QED) is 0.617. The number of fused-ring (bicyclic) bond motifs is 1. The number of anilines is 1. The molecule has 4 aromatic rings. The maximum absolute atomic E-state index is 12.3. The molecular weight excluding hydrogens is 302 g/mol. The van der Waals surface area contributed by atoms with Crippen molar-refractivity contribution >= 4 is 22.5 Å². The predicted octanol–water partition coefficient (Wildman–Crippen LogP) is 4.14. The summed E-state index contributed by atoms with van der Waals surface area (Å²) in [5, 5.41) is 7.59. The van der Waals surface area contributed by atoms with Crippen LogP contribution in [0, 0.1) is 0 Å². The van der Waals surface area contributed by atoms with Gasteiger partial charge in [0.1, 0.15) is 0 Å². The second kappa shape index (κ2) is 5.96. The van der Waals surface area contributed by atoms with E-state index in [4.69, 9.17) is 4.52 Å². The van der Waals surface area contributed by atoms with Crippen molar-refractivity contribution in [2.75, 3.05) is 5.32 Å². The first-order valence-corrected chi connectivity index (χ1v) is 7.48. The van der Waals surface area contributed by atoms with Gasteiger partial charge in [-0.3, -0.25) is 9.78 Å². The molecule has 0 atom stereocenters. The number of amides is 1. The van der Waals surface area contributed by atoms with E-state index in [0.717, 1.165) is 16.5 Å². The van der Waals surface area contributed by atoms with Crippen LogP contribution in [0.4, 0.5) is 5.69 Å². The highest BCUT2D eigenvalue weighted by molar-refractivity contribution is 6.04. The summed E-state index contributed by atoms with van der Waals surface area (Å²) in [5.74, 6) is 0.218. The number of hydrogen-bond acceptors (Lipinski definition) is 4. The summed E-state index contributed by atoms with van der Waals surface area (Å²) < 4.78 is 5.25. The molecule has 4 rings (SSSR count). The molecule has 5 heteroatoms. The standard InChI is InChI=1S/C19H13N3O2/c23-19(17-11-18(24-22-17)13-6-2-1-3-7-13)21-15-10-14-8-4-5-9-16(14)20-12-15/h1-12H,(H,21,23). The van der Waals surface area contributed by atoms with Crippen molar-refractivity contribution in [3.05, 3.63) is 78.6 Å². The van der Waals surface area contributed by atoms with E-state index in [2.05, 4.69) is 15.5 Å². The van der Waals surface area contributed by atoms with Gasteiger partial charge in [0.15, 0.2) is 11.5 Å². The monoisotopic (exact) mass is 315 g/mol. The minimum Gasteiger partial charge on any atom is -0.355 e. The molecule has 0 bridgehead atoms. The molecule has 1 amide bonds. The van der Waals surface area contributed by atoms with E-state index in [1.54, 1.807) is 12.3 Å². The van der Waals surface area contributed by atoms with Gasteiger partial charge in [-0.15, -0.1) is 0 Å². The van der Waals surface area contributed by atoms with Gasteiger partial charge >= 0.3 is 0 Å². The van der Waals surface area contributed by atoms with Crippen LogP contribution in [0.5, 0.6) is 0 Å². The molecule has 2 aromatic heterocycles. The van der Waals surface area contributed by atoms with E-state index >= 15 is 0 Å². The van der Waals surface area contributed by atoms with Crippen LogP contribution in [-0.4, -0.2) is 16.0 Å². The third kappa shape index (κ3) is 2.75. The summed E-state index contributed by atoms with van der Waals surface area (Å²) >= 11 is 0. The molecule has 0 radical (unpaired) electrons. The Hall–Kier alpha value is -3.47. The predicted molar refractivity (Wildman–Crippen MR) is 91.6 cm³/mol. The molecule has 0 saturated carbocycles. The summed E-state index contributed by atoms with van der Waals surface area (Å²) in [6, 6.07) is 20.7. The second-order valence-electron chi connectivity index (χ2n) is 5.31. The first kappa shape index (κ1) is 14.1. The van der Waals surface area contributed by atoms with Gasteiger partial charge in [-0.05, 0) is 12.1 Å². The van der Waals surface area contributed by atoms with Crippen molar-refractivity contribution in [1.29, 1.82) is 0 Å². The topological polar surface area (TPSA) is 68.0 Å². The summed E-state index contributed by atoms with van der Waals surface area (Å²) in [6.45, 7) is 0. The molecule has 0 unspecified atom stereocenters. The fourth-order valence-electron chi connectivity index (χ4n) is 2.46. The largest absolute Gasteiger partial charge is 0.355 e. The van der Waals surface area contributed by atoms with Gasteiger partial charge in [0.25, 0.3) is 5.91 Å². The van der Waals surface area contributed by atoms with E-state index < -0.39 is 0 Å². The number of carbonyl (C=O) groups excluding carboxylic acids is 1. The van der Waals surface area contributed by atoms with Crippen LogP contribution in [0.2, 0.25) is 0 Å². The average Bonchev–Trinajstić information content (AvgIpc) is 3.13. The van der Waals surface area contributed by atoms with Gasteiger partial charge in [-0.2, -0.15) is 0 Å². The van der Waals surface area contributed by atoms with Crippen LogP contribution in [0.25, 0.3) is 22.2 Å². The first-order valence-electron chi connectivity index (χ1n) is 7.48. The molecule has 0 aliphatic rings. The molecule has 5 nitrogen and oxygen atoms in total. The molecule has 0 aliphatic carbocycles. The highest BCUT2D eigenvalue weighted by Gasteiger charge is 2.14. The molecule has 0 saturated heterocycles. The summed E-state index contributed by atoms with van der Waals surface area (Å²) in [5.41, 5.74) is 2.59. The molecule has 1 N–H and O–H groups in total. The molecule has 0 fully saturated rings. The molecule has 116 valence electrons. The molecule has 0 spiro atoms. The number of benzene rings is 2. The third-order valence-corrected chi connectivity index (χ3v) is 3.65. The van der Waals surface area contributed by atoms with Crippen molar-refractivity contribution < 1.29 is 9.32 Å². The lowest BCUT2D eigenvalue weighted by Crippen LogP contribution is -2.12. The van der Waals surface area contributed by atoms with Gasteiger partial charge in [-0.1, -0.05) is 53.7 Å². The van der Waals surface area contributed by atoms with Crippen molar-refractivity contribution in [3.8, 4) is 11.3 Å². The SMILES string of the molecule is O=C(Nc1cnc2ccccc2c1)c1cc(-c2ccccc2)on1. The maximum atomic E-state index is 12.3. The molecule has 0 aliphatic heterocycles. The average molecular weight is 315 g/mol. The lowest BCUT2D eigenvalue weighted by molar-refractivity contribution is 0.101. The minimum atomic E-state index is -0.335. The fourth-order valence-corrected chi connectivity index (χ4v) is 2.46. The maximum Gasteiger partial charge on any atom is 0.277 e. The van der Waals surface area contributed by atoms with E-state index in [1.807, 2.05) is 60.7 Å². The summed E-state index contributed by atoms with van der Waals surface area (Å²) in [4.78, 5) is 16.7. The number of para-hydroxylation sites is 1. The van der Waals surface area contributed by atoms with Crippen LogP contribution in [-0.2, 0) is 0 Å². The Morgan fingerprint density at radius 2 is 1.75 bits per heavy atom. The number of carbonyl (C=O) groups is 1. The van der Waals surface area contributed by atoms with Crippen LogP contribution in [0.15, 0.2) is 77.4 Å². The molecule has 24 heavy (non-hydrogen) atoms. The van der Waals surface area contributed by atoms with Crippen LogP contribution < -0.4 is 5.32 Å². The number of nitrogens with zero attached hydrogens (tertiary/aromatic N) is 2. The Labute approximate surface area is 137 Å². The zero-order valence-corrected chi connectivity index (χ0v) is 12.6. The van der Waals surface area contributed by atoms with E-state index in [0.29, 0.717) is 11.4 Å². The Morgan fingerprint density at radius 1 is 0.958 bits per heavy atom. The van der Waals surface area contributed by atoms with Crippen LogP contribution in [0.1, 0.15) is 10.5 Å². The van der Waals surface area contributed by atoms with E-state index in [-0.39, 0.29) is 11.6 Å². The Balaban J connectivity index is 1.56. The van der Waals surface area contributed by atoms with Gasteiger partial charge < -0.3 is 9.84 Å². The highest BCUT2D eigenvalue weighted by atomic mass is 16.5. The normalized spacial score (nSPS) is 10.7. The molecule has 2 aromatic carbocycles. The van der Waals surface area contributed by atoms with Crippen LogP contribution in [0.3, 0.4) is 0 Å². The second-order valence-corrected chi connectivity index (χ2v) is 5.31. The number of rotatable bonds is 3. The summed E-state index contributed by atoms with van der Waals surface area (Å²) in [6.07, 6.45) is 1.62. The smallest absolute Gasteiger partial charge is 0.277 e. The Morgan fingerprint density at radius 3 is 2.62 bits per heavy atom. The fraction of sp³-hybridized carbons (Fsp3) is 0. The lowest BCUT2D eigenvalue weighted by Gasteiger charge is -2.03.